The molecule has 9 nitrogen and oxygen atoms in total. The number of hydrogen-bond acceptors (Lipinski definition) is 6. The molecular weight excluding hydrogens is 526 g/mol. The molecule has 2 aromatic rings. The van der Waals surface area contributed by atoms with Crippen molar-refractivity contribution in [3.63, 3.8) is 0 Å². The highest BCUT2D eigenvalue weighted by Gasteiger charge is 2.36. The number of hydrogen-bond donors (Lipinski definition) is 1. The number of nitrogens with one attached hydrogen (secondary N) is 1. The smallest absolute Gasteiger partial charge is 0.243 e. The molecule has 38 heavy (non-hydrogen) atoms. The zero-order valence-corrected chi connectivity index (χ0v) is 23.0. The maximum absolute atomic E-state index is 13.6. The summed E-state index contributed by atoms with van der Waals surface area (Å²) >= 11 is 0. The van der Waals surface area contributed by atoms with Crippen LogP contribution in [0.3, 0.4) is 0 Å². The van der Waals surface area contributed by atoms with Gasteiger partial charge in [-0.1, -0.05) is 49.0 Å². The highest BCUT2D eigenvalue weighted by Crippen LogP contribution is 2.29. The quantitative estimate of drug-likeness (QED) is 0.477. The second kappa shape index (κ2) is 12.5. The van der Waals surface area contributed by atoms with Crippen molar-refractivity contribution < 1.29 is 26.4 Å². The normalized spacial score (nSPS) is 20.1. The lowest BCUT2D eigenvalue weighted by Gasteiger charge is -2.27. The van der Waals surface area contributed by atoms with E-state index in [0.29, 0.717) is 52.1 Å². The van der Waals surface area contributed by atoms with Crippen molar-refractivity contribution >= 4 is 26.0 Å². The predicted molar refractivity (Wildman–Crippen MR) is 145 cm³/mol. The van der Waals surface area contributed by atoms with Crippen LogP contribution in [-0.4, -0.2) is 77.4 Å². The van der Waals surface area contributed by atoms with Crippen LogP contribution in [0.15, 0.2) is 71.5 Å². The Balaban J connectivity index is 1.56. The van der Waals surface area contributed by atoms with Crippen molar-refractivity contribution in [1.29, 1.82) is 0 Å². The average Bonchev–Trinajstić information content (AvgIpc) is 3.25. The van der Waals surface area contributed by atoms with E-state index in [0.717, 1.165) is 23.0 Å². The number of carbonyl (C=O) groups excluding carboxylic acids is 1. The molecule has 0 bridgehead atoms. The summed E-state index contributed by atoms with van der Waals surface area (Å²) in [5.41, 5.74) is 1.77. The van der Waals surface area contributed by atoms with E-state index in [-0.39, 0.29) is 17.3 Å². The number of nitrogens with zero attached hydrogens (tertiary/aromatic N) is 2. The van der Waals surface area contributed by atoms with E-state index in [9.17, 15) is 21.6 Å². The number of sulfonamides is 2. The molecule has 1 N–H and O–H groups in total. The molecule has 1 amide bonds. The Labute approximate surface area is 225 Å². The Kier molecular flexibility index (Phi) is 9.37. The molecule has 2 aliphatic heterocycles. The van der Waals surface area contributed by atoms with Crippen LogP contribution in [0.5, 0.6) is 0 Å². The second-order valence-electron chi connectivity index (χ2n) is 9.57. The van der Waals surface area contributed by atoms with E-state index in [2.05, 4.69) is 11.3 Å². The summed E-state index contributed by atoms with van der Waals surface area (Å²) in [4.78, 5) is 15.6. The second-order valence-corrected chi connectivity index (χ2v) is 13.2. The minimum atomic E-state index is -3.85. The zero-order valence-electron chi connectivity index (χ0n) is 21.4. The topological polar surface area (TPSA) is 113 Å². The third kappa shape index (κ3) is 6.89. The Morgan fingerprint density at radius 2 is 1.74 bits per heavy atom. The number of ether oxygens (including phenoxy) is 1. The largest absolute Gasteiger partial charge is 0.380 e. The predicted octanol–water partition coefficient (Wildman–Crippen LogP) is 2.48. The van der Waals surface area contributed by atoms with Gasteiger partial charge < -0.3 is 9.64 Å². The Morgan fingerprint density at radius 3 is 2.45 bits per heavy atom. The number of rotatable bonds is 10. The maximum Gasteiger partial charge on any atom is 0.243 e. The summed E-state index contributed by atoms with van der Waals surface area (Å²) in [5, 5.41) is 0.811. The average molecular weight is 562 g/mol. The fourth-order valence-corrected chi connectivity index (χ4v) is 7.23. The van der Waals surface area contributed by atoms with Crippen LogP contribution in [-0.2, 0) is 36.0 Å². The van der Waals surface area contributed by atoms with Gasteiger partial charge in [0.1, 0.15) is 0 Å². The van der Waals surface area contributed by atoms with Crippen molar-refractivity contribution in [2.45, 2.75) is 42.5 Å². The minimum absolute atomic E-state index is 0.00377. The lowest BCUT2D eigenvalue weighted by Crippen LogP contribution is -2.42. The van der Waals surface area contributed by atoms with E-state index >= 15 is 0 Å². The van der Waals surface area contributed by atoms with Gasteiger partial charge in [-0.25, -0.2) is 21.6 Å². The van der Waals surface area contributed by atoms with Crippen LogP contribution in [0.2, 0.25) is 0 Å². The Hall–Kier alpha value is -2.57. The van der Waals surface area contributed by atoms with E-state index in [1.807, 2.05) is 35.2 Å². The van der Waals surface area contributed by atoms with Crippen LogP contribution >= 0.6 is 0 Å². The summed E-state index contributed by atoms with van der Waals surface area (Å²) in [6, 6.07) is 15.8. The summed E-state index contributed by atoms with van der Waals surface area (Å²) in [6.45, 7) is 5.86. The highest BCUT2D eigenvalue weighted by atomic mass is 32.2. The van der Waals surface area contributed by atoms with E-state index < -0.39 is 32.0 Å². The molecule has 2 aliphatic rings. The SMILES string of the molecule is C=CS(=O)(=O)NC[C@H]1CCCN1S(=O)(=O)c1ccc(C(Cc2ccccc2)C(=O)N2CCCOCC2)cc1. The molecule has 0 spiro atoms. The fourth-order valence-electron chi connectivity index (χ4n) is 4.99. The van der Waals surface area contributed by atoms with Crippen LogP contribution in [0.25, 0.3) is 0 Å². The van der Waals surface area contributed by atoms with Crippen molar-refractivity contribution in [2.24, 2.45) is 0 Å². The summed E-state index contributed by atoms with van der Waals surface area (Å²) in [7, 11) is -7.50. The molecule has 0 radical (unpaired) electrons. The van der Waals surface area contributed by atoms with E-state index in [1.165, 1.54) is 4.31 Å². The number of amides is 1. The van der Waals surface area contributed by atoms with Crippen molar-refractivity contribution in [1.82, 2.24) is 13.9 Å². The van der Waals surface area contributed by atoms with E-state index in [4.69, 9.17) is 4.74 Å². The van der Waals surface area contributed by atoms with Crippen molar-refractivity contribution in [3.8, 4) is 0 Å². The molecule has 4 rings (SSSR count). The first kappa shape index (κ1) is 28.4. The molecule has 2 atom stereocenters. The minimum Gasteiger partial charge on any atom is -0.380 e. The van der Waals surface area contributed by atoms with Gasteiger partial charge in [0.2, 0.25) is 26.0 Å². The van der Waals surface area contributed by atoms with Crippen LogP contribution in [0.1, 0.15) is 36.3 Å². The van der Waals surface area contributed by atoms with Crippen molar-refractivity contribution in [2.75, 3.05) is 39.4 Å². The fraction of sp³-hybridized carbons (Fsp3) is 0.444. The molecule has 2 fully saturated rings. The maximum atomic E-state index is 13.6. The molecule has 2 aromatic carbocycles. The monoisotopic (exact) mass is 561 g/mol. The Bertz CT molecular complexity index is 1310. The molecule has 1 unspecified atom stereocenters. The standard InChI is InChI=1S/C27H35N3O6S2/c1-2-37(32,33)28-21-24-10-6-16-30(24)38(34,35)25-13-11-23(12-14-25)26(20-22-8-4-3-5-9-22)27(31)29-15-7-18-36-19-17-29/h2-5,8-9,11-14,24,26,28H,1,6-7,10,15-21H2/t24-,26?/m1/s1. The van der Waals surface area contributed by atoms with Gasteiger partial charge in [0.05, 0.1) is 17.4 Å². The molecule has 0 aliphatic carbocycles. The highest BCUT2D eigenvalue weighted by molar-refractivity contribution is 7.92. The van der Waals surface area contributed by atoms with Gasteiger partial charge in [-0.2, -0.15) is 4.31 Å². The van der Waals surface area contributed by atoms with Gasteiger partial charge in [-0.3, -0.25) is 4.79 Å². The number of benzene rings is 2. The van der Waals surface area contributed by atoms with Gasteiger partial charge in [0.15, 0.2) is 0 Å². The third-order valence-electron chi connectivity index (χ3n) is 7.07. The first-order chi connectivity index (χ1) is 18.2. The zero-order chi connectivity index (χ0) is 27.2. The van der Waals surface area contributed by atoms with E-state index in [1.54, 1.807) is 24.3 Å². The van der Waals surface area contributed by atoms with Gasteiger partial charge in [-0.05, 0) is 48.9 Å². The first-order valence-electron chi connectivity index (χ1n) is 12.9. The summed E-state index contributed by atoms with van der Waals surface area (Å²) in [5.74, 6) is -0.454. The van der Waals surface area contributed by atoms with Gasteiger partial charge in [0.25, 0.3) is 0 Å². The molecule has 0 saturated carbocycles. The summed E-state index contributed by atoms with van der Waals surface area (Å²) < 4.78 is 59.8. The van der Waals surface area contributed by atoms with Gasteiger partial charge in [-0.15, -0.1) is 0 Å². The van der Waals surface area contributed by atoms with Crippen molar-refractivity contribution in [3.05, 3.63) is 77.7 Å². The summed E-state index contributed by atoms with van der Waals surface area (Å²) in [6.07, 6.45) is 2.48. The van der Waals surface area contributed by atoms with Gasteiger partial charge >= 0.3 is 0 Å². The Morgan fingerprint density at radius 1 is 1.00 bits per heavy atom. The molecular formula is C27H35N3O6S2. The lowest BCUT2D eigenvalue weighted by atomic mass is 9.90. The molecule has 206 valence electrons. The molecule has 2 saturated heterocycles. The third-order valence-corrected chi connectivity index (χ3v) is 10.0. The molecule has 11 heteroatoms. The van der Waals surface area contributed by atoms with Crippen LogP contribution in [0, 0.1) is 0 Å². The molecule has 0 aromatic heterocycles. The molecule has 2 heterocycles. The number of carbonyl (C=O) groups is 1. The lowest BCUT2D eigenvalue weighted by molar-refractivity contribution is -0.132. The van der Waals surface area contributed by atoms with Crippen LogP contribution < -0.4 is 4.72 Å². The van der Waals surface area contributed by atoms with Crippen LogP contribution in [0.4, 0.5) is 0 Å². The first-order valence-corrected chi connectivity index (χ1v) is 15.8. The van der Waals surface area contributed by atoms with Gasteiger partial charge in [0, 0.05) is 44.2 Å².